The van der Waals surface area contributed by atoms with Gasteiger partial charge < -0.3 is 15.6 Å². The van der Waals surface area contributed by atoms with Gasteiger partial charge in [0.1, 0.15) is 6.10 Å². The van der Waals surface area contributed by atoms with E-state index in [1.165, 1.54) is 22.9 Å². The molecule has 0 aliphatic heterocycles. The largest absolute Gasteiger partial charge is 0.481 e. The second-order valence-electron chi connectivity index (χ2n) is 8.29. The number of carboxylic acid groups (broad SMARTS) is 1. The van der Waals surface area contributed by atoms with Crippen LogP contribution in [0.1, 0.15) is 25.3 Å². The van der Waals surface area contributed by atoms with Crippen molar-refractivity contribution >= 4 is 58.3 Å². The standard InChI is InChI=1S/C26H23ClN2O4S2/c1-15(19(13-28)14-34)33-25(32)29-21-12-22(27)35-23(21)18-4-2-16(3-5-18)17-6-8-20(9-7-17)26(10-11-26)24(30)31/h2-9,12-15H,10-11,28H2,1H3,(H,29,32)(H,30,31). The Bertz CT molecular complexity index is 1300. The Morgan fingerprint density at radius 1 is 1.14 bits per heavy atom. The van der Waals surface area contributed by atoms with Crippen molar-refractivity contribution in [2.75, 3.05) is 5.32 Å². The molecule has 4 rings (SSSR count). The van der Waals surface area contributed by atoms with Crippen LogP contribution in [-0.4, -0.2) is 28.6 Å². The molecule has 1 aromatic heterocycles. The average Bonchev–Trinajstić information content (AvgIpc) is 3.58. The van der Waals surface area contributed by atoms with Gasteiger partial charge >= 0.3 is 12.1 Å². The Kier molecular flexibility index (Phi) is 7.25. The summed E-state index contributed by atoms with van der Waals surface area (Å²) in [5.74, 6) is -0.762. The highest BCUT2D eigenvalue weighted by Crippen LogP contribution is 2.48. The summed E-state index contributed by atoms with van der Waals surface area (Å²) in [6, 6.07) is 17.2. The lowest BCUT2D eigenvalue weighted by atomic mass is 9.93. The number of nitrogens with two attached hydrogens (primary N) is 1. The van der Waals surface area contributed by atoms with Crippen LogP contribution in [0.5, 0.6) is 0 Å². The van der Waals surface area contributed by atoms with Crippen molar-refractivity contribution in [3.63, 3.8) is 0 Å². The number of anilines is 1. The molecule has 1 amide bonds. The van der Waals surface area contributed by atoms with Gasteiger partial charge in [-0.3, -0.25) is 10.1 Å². The zero-order valence-corrected chi connectivity index (χ0v) is 21.2. The highest BCUT2D eigenvalue weighted by molar-refractivity contribution is 7.79. The van der Waals surface area contributed by atoms with Crippen molar-refractivity contribution in [3.05, 3.63) is 76.3 Å². The van der Waals surface area contributed by atoms with Crippen LogP contribution < -0.4 is 11.1 Å². The van der Waals surface area contributed by atoms with Gasteiger partial charge in [0, 0.05) is 17.1 Å². The van der Waals surface area contributed by atoms with E-state index in [0.29, 0.717) is 28.4 Å². The maximum Gasteiger partial charge on any atom is 0.412 e. The van der Waals surface area contributed by atoms with Crippen molar-refractivity contribution in [1.82, 2.24) is 0 Å². The number of benzene rings is 2. The molecule has 1 unspecified atom stereocenters. The van der Waals surface area contributed by atoms with Gasteiger partial charge in [-0.1, -0.05) is 72.3 Å². The predicted octanol–water partition coefficient (Wildman–Crippen LogP) is 6.63. The lowest BCUT2D eigenvalue weighted by Gasteiger charge is -2.14. The van der Waals surface area contributed by atoms with E-state index in [4.69, 9.17) is 34.3 Å². The summed E-state index contributed by atoms with van der Waals surface area (Å²) in [5.41, 5.74) is 9.56. The lowest BCUT2D eigenvalue weighted by Crippen LogP contribution is -2.22. The number of carboxylic acids is 1. The summed E-state index contributed by atoms with van der Waals surface area (Å²) in [6.07, 6.45) is 1.44. The van der Waals surface area contributed by atoms with Crippen LogP contribution in [0.2, 0.25) is 4.34 Å². The molecule has 0 radical (unpaired) electrons. The van der Waals surface area contributed by atoms with E-state index in [2.05, 4.69) is 5.32 Å². The first-order chi connectivity index (χ1) is 16.8. The number of carbonyl (C=O) groups is 2. The molecule has 4 N–H and O–H groups in total. The molecule has 1 aliphatic carbocycles. The number of nitrogens with one attached hydrogen (secondary N) is 1. The van der Waals surface area contributed by atoms with E-state index in [-0.39, 0.29) is 0 Å². The van der Waals surface area contributed by atoms with Crippen LogP contribution >= 0.6 is 35.2 Å². The molecule has 35 heavy (non-hydrogen) atoms. The number of thiophene rings is 1. The summed E-state index contributed by atoms with van der Waals surface area (Å²) in [4.78, 5) is 24.8. The Morgan fingerprint density at radius 2 is 1.71 bits per heavy atom. The average molecular weight is 527 g/mol. The SMILES string of the molecule is CC(OC(=O)Nc1cc(Cl)sc1-c1ccc(-c2ccc(C3(C(=O)O)CC3)cc2)cc1)C(C=S)=CN. The van der Waals surface area contributed by atoms with Crippen LogP contribution in [0.3, 0.4) is 0 Å². The fourth-order valence-electron chi connectivity index (χ4n) is 3.85. The number of halogens is 1. The van der Waals surface area contributed by atoms with Crippen LogP contribution in [0.4, 0.5) is 10.5 Å². The van der Waals surface area contributed by atoms with Crippen molar-refractivity contribution in [2.24, 2.45) is 5.73 Å². The third kappa shape index (κ3) is 5.24. The van der Waals surface area contributed by atoms with Gasteiger partial charge in [0.15, 0.2) is 0 Å². The summed E-state index contributed by atoms with van der Waals surface area (Å²) in [7, 11) is 0. The second kappa shape index (κ2) is 10.2. The minimum atomic E-state index is -0.762. The van der Waals surface area contributed by atoms with Gasteiger partial charge in [-0.05, 0) is 48.1 Å². The molecule has 180 valence electrons. The zero-order valence-electron chi connectivity index (χ0n) is 18.8. The first kappa shape index (κ1) is 24.9. The van der Waals surface area contributed by atoms with Crippen LogP contribution in [-0.2, 0) is 14.9 Å². The molecule has 6 nitrogen and oxygen atoms in total. The van der Waals surface area contributed by atoms with E-state index >= 15 is 0 Å². The minimum Gasteiger partial charge on any atom is -0.481 e. The van der Waals surface area contributed by atoms with Crippen molar-refractivity contribution in [3.8, 4) is 21.6 Å². The minimum absolute atomic E-state index is 0.525. The normalized spacial score (nSPS) is 15.2. The number of aliphatic carboxylic acids is 1. The van der Waals surface area contributed by atoms with Gasteiger partial charge in [-0.2, -0.15) is 0 Å². The highest BCUT2D eigenvalue weighted by atomic mass is 35.5. The quantitative estimate of drug-likeness (QED) is 0.225. The number of rotatable bonds is 8. The number of carbonyl (C=O) groups excluding carboxylic acids is 1. The summed E-state index contributed by atoms with van der Waals surface area (Å²) >= 11 is 12.5. The Morgan fingerprint density at radius 3 is 2.23 bits per heavy atom. The highest BCUT2D eigenvalue weighted by Gasteiger charge is 2.51. The first-order valence-corrected chi connectivity index (χ1v) is 12.5. The number of hydrogen-bond acceptors (Lipinski definition) is 6. The molecule has 1 saturated carbocycles. The number of thiocarbonyl (C=S) groups is 1. The molecular weight excluding hydrogens is 504 g/mol. The van der Waals surface area contributed by atoms with Gasteiger partial charge in [-0.15, -0.1) is 11.3 Å². The van der Waals surface area contributed by atoms with E-state index < -0.39 is 23.6 Å². The zero-order chi connectivity index (χ0) is 25.2. The van der Waals surface area contributed by atoms with E-state index in [9.17, 15) is 14.7 Å². The van der Waals surface area contributed by atoms with E-state index in [1.54, 1.807) is 13.0 Å². The Labute approximate surface area is 217 Å². The van der Waals surface area contributed by atoms with Crippen LogP contribution in [0, 0.1) is 0 Å². The molecule has 9 heteroatoms. The maximum atomic E-state index is 12.4. The van der Waals surface area contributed by atoms with E-state index in [1.807, 2.05) is 48.5 Å². The molecule has 1 atom stereocenters. The molecule has 0 spiro atoms. The topological polar surface area (TPSA) is 102 Å². The Hall–Kier alpha value is -3.20. The fourth-order valence-corrected chi connectivity index (χ4v) is 5.31. The first-order valence-electron chi connectivity index (χ1n) is 10.9. The van der Waals surface area contributed by atoms with Crippen LogP contribution in [0.25, 0.3) is 21.6 Å². The molecule has 1 heterocycles. The van der Waals surface area contributed by atoms with Gasteiger partial charge in [0.05, 0.1) is 20.3 Å². The van der Waals surface area contributed by atoms with Crippen LogP contribution in [0.15, 0.2) is 66.4 Å². The summed E-state index contributed by atoms with van der Waals surface area (Å²) in [6.45, 7) is 1.68. The van der Waals surface area contributed by atoms with Gasteiger partial charge in [-0.25, -0.2) is 4.79 Å². The molecule has 2 aromatic carbocycles. The number of amides is 1. The molecular formula is C26H23ClN2O4S2. The third-order valence-electron chi connectivity index (χ3n) is 6.10. The number of hydrogen-bond donors (Lipinski definition) is 3. The van der Waals surface area contributed by atoms with Crippen molar-refractivity contribution < 1.29 is 19.4 Å². The second-order valence-corrected chi connectivity index (χ2v) is 10.2. The predicted molar refractivity (Wildman–Crippen MR) is 144 cm³/mol. The Balaban J connectivity index is 1.50. The van der Waals surface area contributed by atoms with Gasteiger partial charge in [0.2, 0.25) is 0 Å². The maximum absolute atomic E-state index is 12.4. The lowest BCUT2D eigenvalue weighted by molar-refractivity contribution is -0.140. The number of ether oxygens (including phenoxy) is 1. The molecule has 1 aliphatic rings. The van der Waals surface area contributed by atoms with Crippen molar-refractivity contribution in [1.29, 1.82) is 0 Å². The monoisotopic (exact) mass is 526 g/mol. The van der Waals surface area contributed by atoms with E-state index in [0.717, 1.165) is 27.1 Å². The molecule has 0 saturated heterocycles. The van der Waals surface area contributed by atoms with Gasteiger partial charge in [0.25, 0.3) is 0 Å². The summed E-state index contributed by atoms with van der Waals surface area (Å²) in [5, 5.41) is 13.6. The molecule has 0 bridgehead atoms. The summed E-state index contributed by atoms with van der Waals surface area (Å²) < 4.78 is 5.88. The van der Waals surface area contributed by atoms with Crippen molar-refractivity contribution in [2.45, 2.75) is 31.3 Å². The molecule has 1 fully saturated rings. The fraction of sp³-hybridized carbons (Fsp3) is 0.192. The molecule has 3 aromatic rings. The third-order valence-corrected chi connectivity index (χ3v) is 7.68. The smallest absolute Gasteiger partial charge is 0.412 e.